The first kappa shape index (κ1) is 16.4. The van der Waals surface area contributed by atoms with Crippen LogP contribution in [0, 0.1) is 5.92 Å². The van der Waals surface area contributed by atoms with Gasteiger partial charge in [0.1, 0.15) is 0 Å². The van der Waals surface area contributed by atoms with Gasteiger partial charge in [-0.05, 0) is 44.0 Å². The smallest absolute Gasteiger partial charge is 0.236 e. The lowest BCUT2D eigenvalue weighted by Crippen LogP contribution is -2.55. The molecule has 5 heteroatoms. The number of likely N-dealkylation sites (N-methyl/N-ethyl adjacent to an activating group) is 1. The van der Waals surface area contributed by atoms with Crippen LogP contribution in [0.2, 0.25) is 0 Å². The molecule has 3 rings (SSSR count). The van der Waals surface area contributed by atoms with Gasteiger partial charge in [-0.25, -0.2) is 0 Å². The molecule has 5 nitrogen and oxygen atoms in total. The molecule has 0 bridgehead atoms. The van der Waals surface area contributed by atoms with E-state index in [2.05, 4.69) is 4.98 Å². The molecule has 1 aliphatic heterocycles. The number of carbonyl (C=O) groups is 1. The Morgan fingerprint density at radius 3 is 2.96 bits per heavy atom. The van der Waals surface area contributed by atoms with Gasteiger partial charge in [-0.15, -0.1) is 0 Å². The number of nitrogens with zero attached hydrogens (tertiary/aromatic N) is 3. The molecule has 1 aromatic rings. The van der Waals surface area contributed by atoms with Crippen molar-refractivity contribution < 1.29 is 9.90 Å². The lowest BCUT2D eigenvalue weighted by molar-refractivity contribution is -0.144. The highest BCUT2D eigenvalue weighted by Gasteiger charge is 2.43. The zero-order chi connectivity index (χ0) is 16.3. The van der Waals surface area contributed by atoms with E-state index in [0.29, 0.717) is 13.1 Å². The fourth-order valence-corrected chi connectivity index (χ4v) is 3.98. The number of piperidine rings is 1. The van der Waals surface area contributed by atoms with E-state index in [9.17, 15) is 9.90 Å². The summed E-state index contributed by atoms with van der Waals surface area (Å²) in [6, 6.07) is 3.95. The topological polar surface area (TPSA) is 56.7 Å². The van der Waals surface area contributed by atoms with Crippen LogP contribution >= 0.6 is 0 Å². The summed E-state index contributed by atoms with van der Waals surface area (Å²) < 4.78 is 0. The summed E-state index contributed by atoms with van der Waals surface area (Å²) in [5.41, 5.74) is 0.647. The van der Waals surface area contributed by atoms with E-state index in [0.717, 1.165) is 44.3 Å². The number of pyridine rings is 1. The number of amides is 1. The predicted molar refractivity (Wildman–Crippen MR) is 88.7 cm³/mol. The molecule has 2 atom stereocenters. The van der Waals surface area contributed by atoms with Crippen molar-refractivity contribution in [2.24, 2.45) is 5.92 Å². The zero-order valence-electron chi connectivity index (χ0n) is 13.9. The van der Waals surface area contributed by atoms with Gasteiger partial charge in [0, 0.05) is 37.9 Å². The van der Waals surface area contributed by atoms with Gasteiger partial charge in [-0.3, -0.25) is 14.7 Å². The summed E-state index contributed by atoms with van der Waals surface area (Å²) in [4.78, 5) is 20.6. The first-order chi connectivity index (χ1) is 11.1. The van der Waals surface area contributed by atoms with Gasteiger partial charge >= 0.3 is 0 Å². The van der Waals surface area contributed by atoms with Crippen LogP contribution in [0.15, 0.2) is 24.5 Å². The van der Waals surface area contributed by atoms with E-state index in [1.54, 1.807) is 12.4 Å². The Morgan fingerprint density at radius 1 is 1.39 bits per heavy atom. The molecule has 0 radical (unpaired) electrons. The second-order valence-corrected chi connectivity index (χ2v) is 7.16. The summed E-state index contributed by atoms with van der Waals surface area (Å²) >= 11 is 0. The third-order valence-corrected chi connectivity index (χ3v) is 5.39. The quantitative estimate of drug-likeness (QED) is 0.918. The number of aromatic nitrogens is 1. The molecule has 1 aliphatic carbocycles. The fourth-order valence-electron chi connectivity index (χ4n) is 3.98. The van der Waals surface area contributed by atoms with Gasteiger partial charge in [0.25, 0.3) is 0 Å². The van der Waals surface area contributed by atoms with Crippen LogP contribution in [0.4, 0.5) is 0 Å². The molecule has 23 heavy (non-hydrogen) atoms. The summed E-state index contributed by atoms with van der Waals surface area (Å²) in [6.45, 7) is 2.58. The molecule has 1 aromatic heterocycles. The average molecular weight is 317 g/mol. The number of hydrogen-bond donors (Lipinski definition) is 1. The molecule has 126 valence electrons. The molecule has 0 spiro atoms. The van der Waals surface area contributed by atoms with Crippen LogP contribution in [0.1, 0.15) is 37.7 Å². The van der Waals surface area contributed by atoms with Gasteiger partial charge in [0.05, 0.1) is 12.1 Å². The number of hydrogen-bond acceptors (Lipinski definition) is 4. The molecular weight excluding hydrogens is 290 g/mol. The van der Waals surface area contributed by atoms with Crippen LogP contribution in [0.25, 0.3) is 0 Å². The van der Waals surface area contributed by atoms with Crippen LogP contribution in [0.5, 0.6) is 0 Å². The third-order valence-electron chi connectivity index (χ3n) is 5.39. The lowest BCUT2D eigenvalue weighted by atomic mass is 9.71. The highest BCUT2D eigenvalue weighted by atomic mass is 16.3. The maximum atomic E-state index is 12.6. The van der Waals surface area contributed by atoms with Crippen LogP contribution < -0.4 is 0 Å². The summed E-state index contributed by atoms with van der Waals surface area (Å²) in [5, 5.41) is 10.7. The van der Waals surface area contributed by atoms with Crippen LogP contribution in [-0.4, -0.2) is 58.1 Å². The molecule has 0 aromatic carbocycles. The molecule has 1 saturated carbocycles. The first-order valence-electron chi connectivity index (χ1n) is 8.64. The molecular formula is C18H27N3O2. The van der Waals surface area contributed by atoms with E-state index < -0.39 is 5.60 Å². The first-order valence-corrected chi connectivity index (χ1v) is 8.64. The van der Waals surface area contributed by atoms with E-state index in [-0.39, 0.29) is 11.8 Å². The Balaban J connectivity index is 1.52. The van der Waals surface area contributed by atoms with Gasteiger partial charge in [-0.1, -0.05) is 12.8 Å². The van der Waals surface area contributed by atoms with Gasteiger partial charge in [0.15, 0.2) is 0 Å². The van der Waals surface area contributed by atoms with Crippen molar-refractivity contribution in [1.82, 2.24) is 14.8 Å². The van der Waals surface area contributed by atoms with Crippen molar-refractivity contribution in [3.05, 3.63) is 30.1 Å². The van der Waals surface area contributed by atoms with Crippen molar-refractivity contribution >= 4 is 5.91 Å². The average Bonchev–Trinajstić information content (AvgIpc) is 2.54. The zero-order valence-corrected chi connectivity index (χ0v) is 13.9. The van der Waals surface area contributed by atoms with Crippen LogP contribution in [0.3, 0.4) is 0 Å². The molecule has 2 aliphatic rings. The third kappa shape index (κ3) is 3.90. The number of rotatable bonds is 4. The summed E-state index contributed by atoms with van der Waals surface area (Å²) in [5.74, 6) is 0.439. The Labute approximate surface area is 138 Å². The van der Waals surface area contributed by atoms with Gasteiger partial charge < -0.3 is 10.0 Å². The van der Waals surface area contributed by atoms with E-state index in [1.165, 1.54) is 6.42 Å². The summed E-state index contributed by atoms with van der Waals surface area (Å²) in [6.07, 6.45) is 8.54. The number of fused-ring (bicyclic) bond motifs is 1. The molecule has 0 unspecified atom stereocenters. The minimum Gasteiger partial charge on any atom is -0.389 e. The second kappa shape index (κ2) is 6.97. The SMILES string of the molecule is CN(CC(=O)N1CC[C@@]2(O)CCCC[C@H]2C1)Cc1ccncc1. The number of carbonyl (C=O) groups excluding carboxylic acids is 1. The molecule has 1 amide bonds. The normalized spacial score (nSPS) is 27.8. The van der Waals surface area contributed by atoms with Crippen molar-refractivity contribution in [3.8, 4) is 0 Å². The molecule has 2 heterocycles. The largest absolute Gasteiger partial charge is 0.389 e. The maximum absolute atomic E-state index is 12.6. The van der Waals surface area contributed by atoms with Crippen molar-refractivity contribution in [2.75, 3.05) is 26.7 Å². The second-order valence-electron chi connectivity index (χ2n) is 7.16. The molecule has 2 fully saturated rings. The molecule has 1 saturated heterocycles. The number of aliphatic hydroxyl groups is 1. The van der Waals surface area contributed by atoms with Gasteiger partial charge in [0.2, 0.25) is 5.91 Å². The Morgan fingerprint density at radius 2 is 2.17 bits per heavy atom. The standard InChI is InChI=1S/C18H27N3O2/c1-20(12-15-5-9-19-10-6-15)14-17(22)21-11-8-18(23)7-3-2-4-16(18)13-21/h5-6,9-10,16,23H,2-4,7-8,11-14H2,1H3/t16-,18-/m0/s1. The fraction of sp³-hybridized carbons (Fsp3) is 0.667. The van der Waals surface area contributed by atoms with E-state index in [1.807, 2.05) is 29.0 Å². The van der Waals surface area contributed by atoms with E-state index in [4.69, 9.17) is 0 Å². The van der Waals surface area contributed by atoms with Gasteiger partial charge in [-0.2, -0.15) is 0 Å². The van der Waals surface area contributed by atoms with Crippen molar-refractivity contribution in [1.29, 1.82) is 0 Å². The Kier molecular flexibility index (Phi) is 4.97. The Bertz CT molecular complexity index is 536. The monoisotopic (exact) mass is 317 g/mol. The molecule has 1 N–H and O–H groups in total. The number of likely N-dealkylation sites (tertiary alicyclic amines) is 1. The van der Waals surface area contributed by atoms with Crippen molar-refractivity contribution in [3.63, 3.8) is 0 Å². The van der Waals surface area contributed by atoms with Crippen molar-refractivity contribution in [2.45, 2.75) is 44.2 Å². The summed E-state index contributed by atoms with van der Waals surface area (Å²) in [7, 11) is 1.97. The lowest BCUT2D eigenvalue weighted by Gasteiger charge is -2.47. The minimum atomic E-state index is -0.516. The highest BCUT2D eigenvalue weighted by molar-refractivity contribution is 5.78. The highest BCUT2D eigenvalue weighted by Crippen LogP contribution is 2.39. The Hall–Kier alpha value is -1.46. The van der Waals surface area contributed by atoms with Crippen LogP contribution in [-0.2, 0) is 11.3 Å². The predicted octanol–water partition coefficient (Wildman–Crippen LogP) is 1.67. The minimum absolute atomic E-state index is 0.175. The van der Waals surface area contributed by atoms with E-state index >= 15 is 0 Å². The maximum Gasteiger partial charge on any atom is 0.236 e.